The summed E-state index contributed by atoms with van der Waals surface area (Å²) in [6, 6.07) is 2.38. The molecule has 16 heavy (non-hydrogen) atoms. The maximum absolute atomic E-state index is 12.0. The van der Waals surface area contributed by atoms with Crippen molar-refractivity contribution in [3.05, 3.63) is 21.9 Å². The highest BCUT2D eigenvalue weighted by Gasteiger charge is 2.27. The SMILES string of the molecule is CC1c2ccsc2CCN1C(=O)CCCCl. The molecule has 0 fully saturated rings. The molecule has 2 rings (SSSR count). The molecule has 1 amide bonds. The molecule has 1 atom stereocenters. The van der Waals surface area contributed by atoms with Crippen molar-refractivity contribution < 1.29 is 4.79 Å². The van der Waals surface area contributed by atoms with E-state index in [0.717, 1.165) is 19.4 Å². The number of halogens is 1. The van der Waals surface area contributed by atoms with Crippen molar-refractivity contribution in [3.8, 4) is 0 Å². The monoisotopic (exact) mass is 257 g/mol. The summed E-state index contributed by atoms with van der Waals surface area (Å²) in [7, 11) is 0. The van der Waals surface area contributed by atoms with Crippen molar-refractivity contribution in [1.82, 2.24) is 4.90 Å². The van der Waals surface area contributed by atoms with Crippen LogP contribution in [0.15, 0.2) is 11.4 Å². The van der Waals surface area contributed by atoms with Crippen LogP contribution in [-0.4, -0.2) is 23.2 Å². The molecule has 2 heterocycles. The number of nitrogens with zero attached hydrogens (tertiary/aromatic N) is 1. The van der Waals surface area contributed by atoms with Gasteiger partial charge < -0.3 is 4.90 Å². The zero-order valence-corrected chi connectivity index (χ0v) is 11.0. The minimum absolute atomic E-state index is 0.234. The third-order valence-electron chi connectivity index (χ3n) is 3.12. The summed E-state index contributed by atoms with van der Waals surface area (Å²) in [5.41, 5.74) is 1.33. The van der Waals surface area contributed by atoms with Gasteiger partial charge in [-0.1, -0.05) is 0 Å². The van der Waals surface area contributed by atoms with Crippen LogP contribution in [-0.2, 0) is 11.2 Å². The molecule has 2 nitrogen and oxygen atoms in total. The third kappa shape index (κ3) is 2.25. The maximum Gasteiger partial charge on any atom is 0.223 e. The van der Waals surface area contributed by atoms with Crippen LogP contribution in [0.5, 0.6) is 0 Å². The summed E-state index contributed by atoms with van der Waals surface area (Å²) in [6.45, 7) is 2.97. The first kappa shape index (κ1) is 11.9. The molecule has 0 aliphatic carbocycles. The van der Waals surface area contributed by atoms with Gasteiger partial charge in [-0.3, -0.25) is 4.79 Å². The third-order valence-corrected chi connectivity index (χ3v) is 4.39. The zero-order chi connectivity index (χ0) is 11.5. The molecule has 88 valence electrons. The lowest BCUT2D eigenvalue weighted by molar-refractivity contribution is -0.133. The minimum atomic E-state index is 0.234. The number of alkyl halides is 1. The van der Waals surface area contributed by atoms with Gasteiger partial charge in [-0.15, -0.1) is 22.9 Å². The van der Waals surface area contributed by atoms with Crippen molar-refractivity contribution >= 4 is 28.8 Å². The van der Waals surface area contributed by atoms with Crippen molar-refractivity contribution in [2.24, 2.45) is 0 Å². The molecule has 1 aliphatic heterocycles. The average molecular weight is 258 g/mol. The van der Waals surface area contributed by atoms with Crippen molar-refractivity contribution in [2.45, 2.75) is 32.2 Å². The molecule has 4 heteroatoms. The van der Waals surface area contributed by atoms with Crippen LogP contribution >= 0.6 is 22.9 Å². The number of thiophene rings is 1. The van der Waals surface area contributed by atoms with Crippen LogP contribution in [0.2, 0.25) is 0 Å². The second-order valence-electron chi connectivity index (χ2n) is 4.10. The fourth-order valence-electron chi connectivity index (χ4n) is 2.21. The Kier molecular flexibility index (Phi) is 3.87. The van der Waals surface area contributed by atoms with Gasteiger partial charge in [0.1, 0.15) is 0 Å². The summed E-state index contributed by atoms with van der Waals surface area (Å²) in [5, 5.41) is 2.12. The summed E-state index contributed by atoms with van der Waals surface area (Å²) >= 11 is 7.42. The zero-order valence-electron chi connectivity index (χ0n) is 9.41. The van der Waals surface area contributed by atoms with Crippen molar-refractivity contribution in [1.29, 1.82) is 0 Å². The number of hydrogen-bond acceptors (Lipinski definition) is 2. The number of hydrogen-bond donors (Lipinski definition) is 0. The molecule has 1 aromatic rings. The molecule has 0 saturated carbocycles. The van der Waals surface area contributed by atoms with E-state index in [-0.39, 0.29) is 11.9 Å². The lowest BCUT2D eigenvalue weighted by Crippen LogP contribution is -2.38. The van der Waals surface area contributed by atoms with Crippen LogP contribution in [0, 0.1) is 0 Å². The van der Waals surface area contributed by atoms with E-state index in [0.29, 0.717) is 12.3 Å². The fourth-order valence-corrected chi connectivity index (χ4v) is 3.31. The Balaban J connectivity index is 2.06. The van der Waals surface area contributed by atoms with Crippen LogP contribution in [0.4, 0.5) is 0 Å². The van der Waals surface area contributed by atoms with E-state index in [1.54, 1.807) is 11.3 Å². The van der Waals surface area contributed by atoms with E-state index >= 15 is 0 Å². The predicted octanol–water partition coefficient (Wildman–Crippen LogP) is 3.21. The van der Waals surface area contributed by atoms with Crippen molar-refractivity contribution in [3.63, 3.8) is 0 Å². The number of carbonyl (C=O) groups excluding carboxylic acids is 1. The molecule has 0 bridgehead atoms. The van der Waals surface area contributed by atoms with Crippen LogP contribution in [0.1, 0.15) is 36.2 Å². The molecule has 1 unspecified atom stereocenters. The smallest absolute Gasteiger partial charge is 0.223 e. The Morgan fingerprint density at radius 3 is 3.25 bits per heavy atom. The minimum Gasteiger partial charge on any atom is -0.336 e. The Labute approximate surface area is 105 Å². The molecule has 0 radical (unpaired) electrons. The number of carbonyl (C=O) groups is 1. The van der Waals surface area contributed by atoms with Gasteiger partial charge in [-0.2, -0.15) is 0 Å². The summed E-state index contributed by atoms with van der Waals surface area (Å²) in [5.74, 6) is 0.808. The standard InChI is InChI=1S/C12H16ClNOS/c1-9-10-5-8-16-11(10)4-7-14(9)12(15)3-2-6-13/h5,8-9H,2-4,6-7H2,1H3. The number of amides is 1. The molecular weight excluding hydrogens is 242 g/mol. The first-order valence-electron chi connectivity index (χ1n) is 5.65. The lowest BCUT2D eigenvalue weighted by atomic mass is 10.0. The maximum atomic E-state index is 12.0. The largest absolute Gasteiger partial charge is 0.336 e. The molecule has 0 spiro atoms. The van der Waals surface area contributed by atoms with Crippen molar-refractivity contribution in [2.75, 3.05) is 12.4 Å². The van der Waals surface area contributed by atoms with Gasteiger partial charge in [0.05, 0.1) is 6.04 Å². The van der Waals surface area contributed by atoms with Gasteiger partial charge >= 0.3 is 0 Å². The Morgan fingerprint density at radius 2 is 2.50 bits per heavy atom. The van der Waals surface area contributed by atoms with E-state index < -0.39 is 0 Å². The average Bonchev–Trinajstić information content (AvgIpc) is 2.75. The van der Waals surface area contributed by atoms with Crippen LogP contribution < -0.4 is 0 Å². The van der Waals surface area contributed by atoms with Crippen LogP contribution in [0.25, 0.3) is 0 Å². The Bertz CT molecular complexity index is 377. The predicted molar refractivity (Wildman–Crippen MR) is 68.1 cm³/mol. The van der Waals surface area contributed by atoms with Gasteiger partial charge in [-0.25, -0.2) is 0 Å². The first-order valence-corrected chi connectivity index (χ1v) is 7.07. The van der Waals surface area contributed by atoms with Gasteiger partial charge in [0.25, 0.3) is 0 Å². The highest BCUT2D eigenvalue weighted by atomic mass is 35.5. The molecule has 1 aromatic heterocycles. The van der Waals surface area contributed by atoms with Gasteiger partial charge in [0, 0.05) is 23.7 Å². The lowest BCUT2D eigenvalue weighted by Gasteiger charge is -2.33. The molecule has 0 N–H and O–H groups in total. The molecule has 1 aliphatic rings. The number of fused-ring (bicyclic) bond motifs is 1. The van der Waals surface area contributed by atoms with E-state index in [4.69, 9.17) is 11.6 Å². The first-order chi connectivity index (χ1) is 7.74. The Hall–Kier alpha value is -0.540. The van der Waals surface area contributed by atoms with Crippen LogP contribution in [0.3, 0.4) is 0 Å². The van der Waals surface area contributed by atoms with Gasteiger partial charge in [-0.05, 0) is 36.8 Å². The second kappa shape index (κ2) is 5.19. The van der Waals surface area contributed by atoms with Gasteiger partial charge in [0.15, 0.2) is 0 Å². The second-order valence-corrected chi connectivity index (χ2v) is 5.48. The highest BCUT2D eigenvalue weighted by Crippen LogP contribution is 2.33. The topological polar surface area (TPSA) is 20.3 Å². The summed E-state index contributed by atoms with van der Waals surface area (Å²) in [6.07, 6.45) is 2.36. The highest BCUT2D eigenvalue weighted by molar-refractivity contribution is 7.10. The van der Waals surface area contributed by atoms with E-state index in [9.17, 15) is 4.79 Å². The quantitative estimate of drug-likeness (QED) is 0.762. The normalized spacial score (nSPS) is 19.6. The molecule has 0 saturated heterocycles. The molecule has 0 aromatic carbocycles. The van der Waals surface area contributed by atoms with Gasteiger partial charge in [0.2, 0.25) is 5.91 Å². The van der Waals surface area contributed by atoms with E-state index in [2.05, 4.69) is 18.4 Å². The number of rotatable bonds is 3. The summed E-state index contributed by atoms with van der Waals surface area (Å²) < 4.78 is 0. The van der Waals surface area contributed by atoms with E-state index in [1.165, 1.54) is 10.4 Å². The Morgan fingerprint density at radius 1 is 1.69 bits per heavy atom. The van der Waals surface area contributed by atoms with E-state index in [1.807, 2.05) is 4.90 Å². The molecular formula is C12H16ClNOS. The summed E-state index contributed by atoms with van der Waals surface area (Å²) in [4.78, 5) is 15.4. The fraction of sp³-hybridized carbons (Fsp3) is 0.583.